The van der Waals surface area contributed by atoms with E-state index < -0.39 is 35.9 Å². The lowest BCUT2D eigenvalue weighted by atomic mass is 10.1. The van der Waals surface area contributed by atoms with Crippen LogP contribution < -0.4 is 29.1 Å². The first-order chi connectivity index (χ1) is 24.6. The molecular formula is C33H38N10O6S2. The van der Waals surface area contributed by atoms with E-state index in [1.807, 2.05) is 27.8 Å². The summed E-state index contributed by atoms with van der Waals surface area (Å²) in [5, 5.41) is 15.7. The Morgan fingerprint density at radius 2 is 1.63 bits per heavy atom. The Balaban J connectivity index is 1.40. The summed E-state index contributed by atoms with van der Waals surface area (Å²) in [6.07, 6.45) is 4.16. The third kappa shape index (κ3) is 7.31. The van der Waals surface area contributed by atoms with Crippen LogP contribution in [0.25, 0.3) is 11.4 Å². The molecule has 0 amide bonds. The van der Waals surface area contributed by atoms with E-state index in [4.69, 9.17) is 9.47 Å². The number of nitrogens with one attached hydrogen (secondary N) is 3. The van der Waals surface area contributed by atoms with Crippen LogP contribution in [0.15, 0.2) is 82.8 Å². The van der Waals surface area contributed by atoms with Gasteiger partial charge in [0.15, 0.2) is 5.82 Å². The van der Waals surface area contributed by atoms with Crippen LogP contribution >= 0.6 is 0 Å². The first kappa shape index (κ1) is 34.6. The van der Waals surface area contributed by atoms with E-state index in [0.717, 1.165) is 11.4 Å². The number of benzene rings is 3. The van der Waals surface area contributed by atoms with E-state index in [9.17, 15) is 16.8 Å². The van der Waals surface area contributed by atoms with Gasteiger partial charge < -0.3 is 24.3 Å². The molecule has 51 heavy (non-hydrogen) atoms. The zero-order valence-electron chi connectivity index (χ0n) is 28.1. The number of imidazole rings is 1. The third-order valence-electron chi connectivity index (χ3n) is 9.00. The fraction of sp³-hybridized carbons (Fsp3) is 0.333. The molecule has 2 aliphatic heterocycles. The molecule has 16 nitrogen and oxygen atoms in total. The average molecular weight is 735 g/mol. The minimum Gasteiger partial charge on any atom is -0.497 e. The number of anilines is 1. The number of fused-ring (bicyclic) bond motifs is 1. The second-order valence-corrected chi connectivity index (χ2v) is 15.6. The number of methoxy groups -OCH3 is 2. The highest BCUT2D eigenvalue weighted by molar-refractivity contribution is 7.92. The van der Waals surface area contributed by atoms with Gasteiger partial charge in [0.05, 0.1) is 32.9 Å². The van der Waals surface area contributed by atoms with Crippen molar-refractivity contribution in [2.75, 3.05) is 38.8 Å². The van der Waals surface area contributed by atoms with Crippen molar-refractivity contribution in [3.05, 3.63) is 90.0 Å². The van der Waals surface area contributed by atoms with E-state index >= 15 is 0 Å². The molecule has 2 aliphatic rings. The lowest BCUT2D eigenvalue weighted by Gasteiger charge is -2.32. The number of tetrazole rings is 1. The molecule has 0 aliphatic carbocycles. The third-order valence-corrected chi connectivity index (χ3v) is 12.2. The maximum absolute atomic E-state index is 14.7. The zero-order valence-corrected chi connectivity index (χ0v) is 29.7. The highest BCUT2D eigenvalue weighted by Gasteiger charge is 2.37. The molecule has 0 bridgehead atoms. The Morgan fingerprint density at radius 3 is 2.31 bits per heavy atom. The van der Waals surface area contributed by atoms with Crippen molar-refractivity contribution in [1.82, 2.24) is 44.5 Å². The number of hydrogen-bond acceptors (Lipinski definition) is 12. The molecule has 7 rings (SSSR count). The minimum atomic E-state index is -4.58. The molecule has 5 aromatic rings. The smallest absolute Gasteiger partial charge is 0.243 e. The van der Waals surface area contributed by atoms with Gasteiger partial charge in [-0.15, -0.1) is 5.10 Å². The summed E-state index contributed by atoms with van der Waals surface area (Å²) in [6.45, 7) is 2.52. The molecule has 3 N–H and O–H groups in total. The van der Waals surface area contributed by atoms with Crippen LogP contribution in [0.1, 0.15) is 23.4 Å². The van der Waals surface area contributed by atoms with E-state index in [-0.39, 0.29) is 24.5 Å². The van der Waals surface area contributed by atoms with Crippen molar-refractivity contribution < 1.29 is 26.3 Å². The second kappa shape index (κ2) is 14.4. The molecule has 1 saturated heterocycles. The van der Waals surface area contributed by atoms with Gasteiger partial charge in [-0.3, -0.25) is 0 Å². The number of sulfonamides is 2. The number of nitrogens with zero attached hydrogens (tertiary/aromatic N) is 7. The number of ether oxygens (including phenoxy) is 2. The predicted molar refractivity (Wildman–Crippen MR) is 187 cm³/mol. The molecule has 1 fully saturated rings. The van der Waals surface area contributed by atoms with Crippen LogP contribution in [0, 0.1) is 0 Å². The summed E-state index contributed by atoms with van der Waals surface area (Å²) >= 11 is 0. The molecule has 4 heterocycles. The Hall–Kier alpha value is -4.88. The predicted octanol–water partition coefficient (Wildman–Crippen LogP) is 1.74. The molecule has 1 unspecified atom stereocenters. The monoisotopic (exact) mass is 734 g/mol. The number of hydrogen-bond donors (Lipinski definition) is 3. The summed E-state index contributed by atoms with van der Waals surface area (Å²) in [5.74, 6) is 2.14. The standard InChI is InChI=1S/C33H38N10O6S2/c1-48-26-7-3-23(4-8-26)19-36-51(46,47)32-29(50(44,45)38-25-13-14-34-20-25)12-11-28(42-18-17-41-16-15-35-30(41)22-42)31(32)33-37-39-40-43(33)21-24-5-9-27(49-2)10-6-24/h3-12,15-16,25,34,36,38H,13-14,17-22H2,1-2H3. The largest absolute Gasteiger partial charge is 0.497 e. The van der Waals surface area contributed by atoms with Crippen molar-refractivity contribution in [2.24, 2.45) is 0 Å². The van der Waals surface area contributed by atoms with Crippen molar-refractivity contribution in [3.63, 3.8) is 0 Å². The second-order valence-electron chi connectivity index (χ2n) is 12.2. The minimum absolute atomic E-state index is 0.0585. The summed E-state index contributed by atoms with van der Waals surface area (Å²) in [6, 6.07) is 16.8. The maximum Gasteiger partial charge on any atom is 0.243 e. The molecule has 18 heteroatoms. The molecule has 268 valence electrons. The van der Waals surface area contributed by atoms with Crippen LogP contribution in [0.4, 0.5) is 5.69 Å². The summed E-state index contributed by atoms with van der Waals surface area (Å²) in [5.41, 5.74) is 1.96. The highest BCUT2D eigenvalue weighted by Crippen LogP contribution is 2.41. The van der Waals surface area contributed by atoms with Crippen molar-refractivity contribution in [3.8, 4) is 22.9 Å². The molecule has 0 spiro atoms. The van der Waals surface area contributed by atoms with E-state index in [1.165, 1.54) is 10.7 Å². The van der Waals surface area contributed by atoms with E-state index in [0.29, 0.717) is 61.9 Å². The number of rotatable bonds is 13. The van der Waals surface area contributed by atoms with Gasteiger partial charge in [-0.2, -0.15) is 0 Å². The lowest BCUT2D eigenvalue weighted by Crippen LogP contribution is -2.38. The normalized spacial score (nSPS) is 16.3. The highest BCUT2D eigenvalue weighted by atomic mass is 32.2. The van der Waals surface area contributed by atoms with Crippen LogP contribution in [0.5, 0.6) is 11.5 Å². The molecule has 2 aromatic heterocycles. The fourth-order valence-electron chi connectivity index (χ4n) is 6.32. The van der Waals surface area contributed by atoms with E-state index in [2.05, 4.69) is 35.3 Å². The first-order valence-corrected chi connectivity index (χ1v) is 19.3. The SMILES string of the molecule is COc1ccc(CNS(=O)(=O)c2c(S(=O)(=O)NC3CCNC3)ccc(N3CCn4ccnc4C3)c2-c2nnnn2Cc2ccc(OC)cc2)cc1. The van der Waals surface area contributed by atoms with Gasteiger partial charge in [-0.25, -0.2) is 35.9 Å². The molecular weight excluding hydrogens is 697 g/mol. The zero-order chi connectivity index (χ0) is 35.6. The van der Waals surface area contributed by atoms with Gasteiger partial charge in [0.25, 0.3) is 0 Å². The van der Waals surface area contributed by atoms with Gasteiger partial charge in [-0.1, -0.05) is 24.3 Å². The Bertz CT molecular complexity index is 2220. The topological polar surface area (TPSA) is 187 Å². The molecule has 0 radical (unpaired) electrons. The summed E-state index contributed by atoms with van der Waals surface area (Å²) < 4.78 is 77.3. The van der Waals surface area contributed by atoms with Gasteiger partial charge in [0, 0.05) is 50.3 Å². The molecule has 1 atom stereocenters. The summed E-state index contributed by atoms with van der Waals surface area (Å²) in [7, 11) is -5.84. The number of aromatic nitrogens is 6. The Kier molecular flexibility index (Phi) is 9.75. The van der Waals surface area contributed by atoms with Gasteiger partial charge in [-0.05, 0) is 70.9 Å². The van der Waals surface area contributed by atoms with Crippen molar-refractivity contribution >= 4 is 25.7 Å². The Morgan fingerprint density at radius 1 is 0.902 bits per heavy atom. The average Bonchev–Trinajstić information content (AvgIpc) is 3.93. The van der Waals surface area contributed by atoms with Crippen LogP contribution in [0.3, 0.4) is 0 Å². The van der Waals surface area contributed by atoms with Crippen molar-refractivity contribution in [1.29, 1.82) is 0 Å². The van der Waals surface area contributed by atoms with Crippen LogP contribution in [0.2, 0.25) is 0 Å². The first-order valence-electron chi connectivity index (χ1n) is 16.3. The summed E-state index contributed by atoms with van der Waals surface area (Å²) in [4.78, 5) is 5.60. The van der Waals surface area contributed by atoms with Crippen molar-refractivity contribution in [2.45, 2.75) is 48.4 Å². The fourth-order valence-corrected chi connectivity index (χ4v) is 9.63. The Labute approximate surface area is 295 Å². The van der Waals surface area contributed by atoms with E-state index in [1.54, 1.807) is 62.9 Å². The quantitative estimate of drug-likeness (QED) is 0.159. The lowest BCUT2D eigenvalue weighted by molar-refractivity contribution is 0.414. The van der Waals surface area contributed by atoms with Gasteiger partial charge in [0.2, 0.25) is 20.0 Å². The molecule has 3 aromatic carbocycles. The van der Waals surface area contributed by atoms with Crippen LogP contribution in [-0.2, 0) is 46.2 Å². The van der Waals surface area contributed by atoms with Crippen LogP contribution in [-0.4, -0.2) is 86.5 Å². The molecule has 0 saturated carbocycles. The van der Waals surface area contributed by atoms with Gasteiger partial charge >= 0.3 is 0 Å². The van der Waals surface area contributed by atoms with Gasteiger partial charge in [0.1, 0.15) is 27.1 Å². The maximum atomic E-state index is 14.7.